The van der Waals surface area contributed by atoms with Crippen LogP contribution in [0.5, 0.6) is 0 Å². The Labute approximate surface area is 727 Å². The van der Waals surface area contributed by atoms with E-state index in [0.29, 0.717) is 98.3 Å². The van der Waals surface area contributed by atoms with Crippen molar-refractivity contribution in [2.45, 2.75) is 218 Å². The van der Waals surface area contributed by atoms with E-state index in [-0.39, 0.29) is 109 Å². The smallest absolute Gasteiger partial charge is 0.407 e. The lowest BCUT2D eigenvalue weighted by Gasteiger charge is -2.36. The van der Waals surface area contributed by atoms with Gasteiger partial charge in [0.2, 0.25) is 35.5 Å². The molecule has 5 aromatic heterocycles. The number of ketones is 2. The fourth-order valence-electron chi connectivity index (χ4n) is 15.2. The van der Waals surface area contributed by atoms with E-state index in [2.05, 4.69) is 91.6 Å². The molecule has 674 valence electrons. The van der Waals surface area contributed by atoms with Crippen molar-refractivity contribution in [2.75, 3.05) is 55.1 Å². The summed E-state index contributed by atoms with van der Waals surface area (Å²) in [6, 6.07) is 4.71. The first-order valence-electron chi connectivity index (χ1n) is 40.8. The average molecular weight is 1790 g/mol. The van der Waals surface area contributed by atoms with Crippen LogP contribution in [0, 0.1) is 19.3 Å². The minimum Gasteiger partial charge on any atom is -0.480 e. The van der Waals surface area contributed by atoms with Gasteiger partial charge in [-0.1, -0.05) is 56.2 Å². The first kappa shape index (κ1) is 96.7. The lowest BCUT2D eigenvalue weighted by Crippen LogP contribution is -2.57. The van der Waals surface area contributed by atoms with Crippen molar-refractivity contribution in [3.63, 3.8) is 0 Å². The quantitative estimate of drug-likeness (QED) is 0.00306. The Morgan fingerprint density at radius 2 is 1.35 bits per heavy atom. The number of aliphatic carboxylic acids is 2. The first-order valence-corrected chi connectivity index (χ1v) is 44.9. The molecule has 7 heterocycles. The van der Waals surface area contributed by atoms with Crippen molar-refractivity contribution >= 4 is 154 Å². The highest BCUT2D eigenvalue weighted by Crippen LogP contribution is 2.49. The normalized spacial score (nSPS) is 17.2. The molecule has 1 aliphatic carbocycles. The van der Waals surface area contributed by atoms with Crippen LogP contribution in [0.2, 0.25) is 0 Å². The number of rotatable bonds is 43. The number of Topliss-reactive ketones (excluding diaryl/α,β-unsaturated/α-hetero) is 2. The second-order valence-electron chi connectivity index (χ2n) is 31.7. The maximum atomic E-state index is 14.7. The summed E-state index contributed by atoms with van der Waals surface area (Å²) >= 11 is 0. The number of nitrogens with one attached hydrogen (secondary N) is 13. The van der Waals surface area contributed by atoms with E-state index in [4.69, 9.17) is 36.3 Å². The third kappa shape index (κ3) is 25.1. The summed E-state index contributed by atoms with van der Waals surface area (Å²) in [6.07, 6.45) is 1.03. The molecule has 0 saturated heterocycles. The zero-order chi connectivity index (χ0) is 91.7. The predicted octanol–water partition coefficient (Wildman–Crippen LogP) is 5.97. The summed E-state index contributed by atoms with van der Waals surface area (Å²) in [6.45, 7) is 18.2. The summed E-state index contributed by atoms with van der Waals surface area (Å²) < 4.78 is 43.1. The van der Waals surface area contributed by atoms with Crippen LogP contribution in [0.3, 0.4) is 0 Å². The summed E-state index contributed by atoms with van der Waals surface area (Å²) in [5.74, 6) is -13.8. The highest BCUT2D eigenvalue weighted by molar-refractivity contribution is 8.76. The minimum absolute atomic E-state index is 0.00340. The van der Waals surface area contributed by atoms with E-state index in [9.17, 15) is 85.5 Å². The summed E-state index contributed by atoms with van der Waals surface area (Å²) in [5.41, 5.74) is 17.3. The molecule has 0 saturated carbocycles. The number of nitrogens with two attached hydrogens (primary N) is 2. The number of nitrogen functional groups attached to an aromatic ring is 1. The van der Waals surface area contributed by atoms with Gasteiger partial charge < -0.3 is 89.0 Å². The number of anilines is 2. The number of carbonyl (C=O) groups excluding carboxylic acids is 10. The van der Waals surface area contributed by atoms with Gasteiger partial charge in [-0.05, 0) is 146 Å². The number of aromatic amines is 3. The van der Waals surface area contributed by atoms with E-state index < -0.39 is 160 Å². The molecule has 125 heavy (non-hydrogen) atoms. The molecule has 1 aromatic carbocycles. The van der Waals surface area contributed by atoms with Crippen molar-refractivity contribution in [2.24, 2.45) is 5.73 Å². The number of ether oxygens (including phenoxy) is 2. The summed E-state index contributed by atoms with van der Waals surface area (Å²) in [4.78, 5) is 208. The van der Waals surface area contributed by atoms with Crippen LogP contribution in [0.25, 0.3) is 33.2 Å². The maximum absolute atomic E-state index is 14.7. The number of nitrogens with zero attached hydrogens (tertiary/aromatic N) is 5. The van der Waals surface area contributed by atoms with Crippen LogP contribution < -0.4 is 64.9 Å². The average Bonchev–Trinajstić information content (AvgIpc) is 1.56. The monoisotopic (exact) mass is 1790 g/mol. The van der Waals surface area contributed by atoms with Crippen molar-refractivity contribution in [3.05, 3.63) is 121 Å². The largest absolute Gasteiger partial charge is 0.480 e. The Bertz CT molecular complexity index is 5510. The number of hydrogen-bond donors (Lipinski definition) is 18. The van der Waals surface area contributed by atoms with Gasteiger partial charge >= 0.3 is 24.0 Å². The summed E-state index contributed by atoms with van der Waals surface area (Å²) in [7, 11) is -1.35. The van der Waals surface area contributed by atoms with Gasteiger partial charge in [-0.25, -0.2) is 24.4 Å². The van der Waals surface area contributed by atoms with E-state index in [1.807, 2.05) is 66.7 Å². The van der Waals surface area contributed by atoms with Gasteiger partial charge in [0.05, 0.1) is 54.4 Å². The molecular formula is C82H108N20O20S3. The molecule has 6 aromatic rings. The molecule has 9 rings (SSSR count). The lowest BCUT2D eigenvalue weighted by atomic mass is 9.83. The van der Waals surface area contributed by atoms with Gasteiger partial charge in [0.15, 0.2) is 28.7 Å². The number of H-pyrrole nitrogens is 3. The lowest BCUT2D eigenvalue weighted by molar-refractivity contribution is -0.142. The number of carboxylic acids is 2. The second kappa shape index (κ2) is 42.5. The molecule has 3 aliphatic rings. The van der Waals surface area contributed by atoms with Gasteiger partial charge in [0.25, 0.3) is 21.6 Å². The SMILES string of the molecule is CC[C@H]1c2cc3[nH]c4c(c3C)C(=O)C(C(=O)OC)c4c3nc(cc4[nH]c(cc(n2)[C@@H]1C)c(C(C)=O)c4C)[C@@H](C)[C@@H]3CCC(=O)NC(C)(CC)CCC(C)(CC)NC(=O)OCCSSC[C@H](NC(=O)[C@H](CC(=O)NCCS(=O)(=O)O)NC(=O)[C@H](CCCNC(=N)N)NC(=O)CC[C@@H](NC(=O)c1ccc(NCc2cnc3nc(N)[nH]c(=O)c3n2)cc1)C(=O)O)C(=O)O. The van der Waals surface area contributed by atoms with Crippen LogP contribution in [0.15, 0.2) is 53.5 Å². The Morgan fingerprint density at radius 3 is 2.00 bits per heavy atom. The molecule has 11 atom stereocenters. The number of aryl methyl sites for hydroxylation is 2. The van der Waals surface area contributed by atoms with E-state index >= 15 is 0 Å². The fourth-order valence-corrected chi connectivity index (χ4v) is 17.5. The first-order chi connectivity index (χ1) is 59.1. The standard InChI is InChI=1S/C82H108N20O20S3/c1-12-47-39(4)51-34-56-62(43(8)103)41(6)53(92-56)32-52-40(5)48(66(94-52)64-65(77(116)121-11)69(107)63-42(7)54(95-67(63)64)33-55(47)91-51)21-23-60(105)101-81(9,13-2)25-26-82(10,14-3)102-80(117)122-29-30-123-124-38-58(76(114)115)98-73(110)57(35-61(106)86-28-31-125(118,119)120)97-72(109)49(16-15-27-87-78(83)84)93-59(104)24-22-50(75(112)113)96-71(108)44-17-19-45(20-18-44)88-36-46-37-89-70-68(90-46)74(111)100-79(85)99-70/h17-20,32-34,37,39-40,47-50,57-58,65,88,92,95H,12-16,21-31,35-36,38H2,1-11H3,(H,86,106)(H,93,104)(H,96,108)(H,97,109)(H,98,110)(H,101,105)(H,102,117)(H,112,113)(H,114,115)(H4,83,84,87)(H,118,119,120)(H3,85,89,99,100,111)/t39-,40+,47-,48+,49+,50-,57+,58+,65?,81?,82?/m1/s1. The highest BCUT2D eigenvalue weighted by Gasteiger charge is 2.46. The van der Waals surface area contributed by atoms with Crippen molar-refractivity contribution in [3.8, 4) is 0 Å². The third-order valence-electron chi connectivity index (χ3n) is 22.8. The predicted molar refractivity (Wildman–Crippen MR) is 466 cm³/mol. The molecular weight excluding hydrogens is 1680 g/mol. The Balaban J connectivity index is 0.784. The molecule has 20 N–H and O–H groups in total. The van der Waals surface area contributed by atoms with Gasteiger partial charge in [-0.15, -0.1) is 0 Å². The Kier molecular flexibility index (Phi) is 32.9. The zero-order valence-electron chi connectivity index (χ0n) is 71.1. The number of hydrogen-bond acceptors (Lipinski definition) is 27. The van der Waals surface area contributed by atoms with E-state index in [1.54, 1.807) is 0 Å². The molecule has 2 aliphatic heterocycles. The minimum atomic E-state index is -4.60. The molecule has 43 heteroatoms. The van der Waals surface area contributed by atoms with Gasteiger partial charge in [-0.3, -0.25) is 72.9 Å². The summed E-state index contributed by atoms with van der Waals surface area (Å²) in [5, 5.41) is 51.4. The number of aromatic nitrogens is 8. The highest BCUT2D eigenvalue weighted by atomic mass is 33.1. The second-order valence-corrected chi connectivity index (χ2v) is 35.9. The number of carbonyl (C=O) groups is 12. The number of carboxylic acid groups (broad SMARTS) is 2. The maximum Gasteiger partial charge on any atom is 0.407 e. The molecule has 0 radical (unpaired) electrons. The van der Waals surface area contributed by atoms with E-state index in [0.717, 1.165) is 39.4 Å². The number of alkyl carbamates (subject to hydrolysis) is 1. The number of esters is 1. The van der Waals surface area contributed by atoms with Crippen molar-refractivity contribution in [1.82, 2.24) is 82.4 Å². The van der Waals surface area contributed by atoms with Gasteiger partial charge in [0, 0.05) is 128 Å². The molecule has 0 fully saturated rings. The number of guanidine groups is 1. The topological polar surface area (TPSA) is 631 Å². The number of fused-ring (bicyclic) bond motifs is 9. The molecule has 7 amide bonds. The number of amides is 7. The number of methoxy groups -OCH3 is 1. The molecule has 3 unspecified atom stereocenters. The zero-order valence-corrected chi connectivity index (χ0v) is 73.6. The van der Waals surface area contributed by atoms with Crippen LogP contribution in [0.1, 0.15) is 238 Å². The van der Waals surface area contributed by atoms with Crippen LogP contribution in [-0.4, -0.2) is 219 Å². The van der Waals surface area contributed by atoms with E-state index in [1.165, 1.54) is 44.5 Å². The van der Waals surface area contributed by atoms with Crippen LogP contribution >= 0.6 is 21.6 Å². The van der Waals surface area contributed by atoms with Crippen LogP contribution in [0.4, 0.5) is 16.4 Å². The van der Waals surface area contributed by atoms with Crippen molar-refractivity contribution < 1.29 is 90.2 Å². The Morgan fingerprint density at radius 1 is 0.712 bits per heavy atom. The molecule has 40 nitrogen and oxygen atoms in total. The van der Waals surface area contributed by atoms with Gasteiger partial charge in [-0.2, -0.15) is 13.4 Å². The number of benzene rings is 1. The van der Waals surface area contributed by atoms with Crippen molar-refractivity contribution in [1.29, 1.82) is 5.41 Å². The fraction of sp³-hybridized carbons (Fsp3) is 0.500. The molecule has 8 bridgehead atoms. The van der Waals surface area contributed by atoms with Gasteiger partial charge in [0.1, 0.15) is 36.7 Å². The Hall–Kier alpha value is -12.1. The third-order valence-corrected chi connectivity index (χ3v) is 25.9. The molecule has 0 spiro atoms. The van der Waals surface area contributed by atoms with Crippen LogP contribution in [-0.2, 0) is 64.5 Å².